The van der Waals surface area contributed by atoms with Gasteiger partial charge >= 0.3 is 0 Å². The largest absolute Gasteiger partial charge is 0.334 e. The maximum atomic E-state index is 11.7. The summed E-state index contributed by atoms with van der Waals surface area (Å²) < 4.78 is 5.56. The van der Waals surface area contributed by atoms with Crippen LogP contribution in [0.5, 0.6) is 0 Å². The van der Waals surface area contributed by atoms with Gasteiger partial charge in [-0.1, -0.05) is 67.0 Å². The Bertz CT molecular complexity index is 1210. The highest BCUT2D eigenvalue weighted by atomic mass is 16.5. The lowest BCUT2D eigenvalue weighted by Gasteiger charge is -2.12. The van der Waals surface area contributed by atoms with E-state index in [1.54, 1.807) is 19.1 Å². The highest BCUT2D eigenvalue weighted by Gasteiger charge is 2.15. The Morgan fingerprint density at radius 2 is 1.77 bits per heavy atom. The molecule has 0 N–H and O–H groups in total. The Kier molecular flexibility index (Phi) is 5.57. The summed E-state index contributed by atoms with van der Waals surface area (Å²) in [5.74, 6) is 0.969. The monoisotopic (exact) mass is 396 g/mol. The molecule has 3 aromatic carbocycles. The average Bonchev–Trinajstić information content (AvgIpc) is 3.25. The second-order valence-electron chi connectivity index (χ2n) is 7.50. The summed E-state index contributed by atoms with van der Waals surface area (Å²) in [6.07, 6.45) is 2.02. The minimum atomic E-state index is 0.0107. The molecular formula is C26H24N2O2. The van der Waals surface area contributed by atoms with Gasteiger partial charge in [0.2, 0.25) is 5.82 Å². The molecule has 4 heteroatoms. The second-order valence-corrected chi connectivity index (χ2v) is 7.50. The molecule has 0 saturated heterocycles. The van der Waals surface area contributed by atoms with E-state index in [-0.39, 0.29) is 5.78 Å². The number of aromatic nitrogens is 2. The zero-order valence-corrected chi connectivity index (χ0v) is 17.5. The number of hydrogen-bond acceptors (Lipinski definition) is 4. The Balaban J connectivity index is 1.72. The summed E-state index contributed by atoms with van der Waals surface area (Å²) in [4.78, 5) is 16.2. The molecule has 0 saturated carbocycles. The van der Waals surface area contributed by atoms with Crippen molar-refractivity contribution in [1.29, 1.82) is 0 Å². The molecule has 30 heavy (non-hydrogen) atoms. The molecule has 0 unspecified atom stereocenters. The first-order valence-electron chi connectivity index (χ1n) is 10.2. The minimum Gasteiger partial charge on any atom is -0.334 e. The highest BCUT2D eigenvalue weighted by Crippen LogP contribution is 2.32. The quantitative estimate of drug-likeness (QED) is 0.348. The molecule has 1 heterocycles. The number of carbonyl (C=O) groups is 1. The van der Waals surface area contributed by atoms with Crippen LogP contribution in [0.1, 0.15) is 41.8 Å². The van der Waals surface area contributed by atoms with E-state index < -0.39 is 0 Å². The van der Waals surface area contributed by atoms with Crippen LogP contribution in [-0.4, -0.2) is 15.9 Å². The lowest BCUT2D eigenvalue weighted by Crippen LogP contribution is -1.93. The smallest absolute Gasteiger partial charge is 0.258 e. The predicted octanol–water partition coefficient (Wildman–Crippen LogP) is 6.53. The number of carbonyl (C=O) groups excluding carboxylic acids is 1. The van der Waals surface area contributed by atoms with E-state index in [2.05, 4.69) is 60.4 Å². The summed E-state index contributed by atoms with van der Waals surface area (Å²) in [7, 11) is 0. The lowest BCUT2D eigenvalue weighted by molar-refractivity contribution is 0.101. The number of aryl methyl sites for hydroxylation is 2. The van der Waals surface area contributed by atoms with Crippen molar-refractivity contribution in [3.63, 3.8) is 0 Å². The Morgan fingerprint density at radius 3 is 2.53 bits per heavy atom. The molecule has 0 aliphatic rings. The number of Topliss-reactive ketones (excluding diaryl/α,β-unsaturated/α-hetero) is 1. The van der Waals surface area contributed by atoms with Crippen molar-refractivity contribution in [3.8, 4) is 34.0 Å². The van der Waals surface area contributed by atoms with Crippen molar-refractivity contribution in [2.24, 2.45) is 0 Å². The van der Waals surface area contributed by atoms with E-state index >= 15 is 0 Å². The molecule has 0 fully saturated rings. The summed E-state index contributed by atoms with van der Waals surface area (Å²) in [6, 6.07) is 22.0. The molecule has 0 spiro atoms. The van der Waals surface area contributed by atoms with Crippen LogP contribution in [0, 0.1) is 6.92 Å². The highest BCUT2D eigenvalue weighted by molar-refractivity contribution is 5.95. The number of hydrogen-bond donors (Lipinski definition) is 0. The Labute approximate surface area is 176 Å². The average molecular weight is 396 g/mol. The number of rotatable bonds is 6. The van der Waals surface area contributed by atoms with Crippen molar-refractivity contribution >= 4 is 5.78 Å². The zero-order chi connectivity index (χ0) is 21.1. The summed E-state index contributed by atoms with van der Waals surface area (Å²) >= 11 is 0. The molecule has 0 atom stereocenters. The fraction of sp³-hybridized carbons (Fsp3) is 0.192. The molecule has 0 bridgehead atoms. The number of nitrogens with zero attached hydrogens (tertiary/aromatic N) is 2. The van der Waals surface area contributed by atoms with E-state index in [0.717, 1.165) is 24.0 Å². The molecular weight excluding hydrogens is 372 g/mol. The van der Waals surface area contributed by atoms with Gasteiger partial charge in [-0.3, -0.25) is 4.79 Å². The van der Waals surface area contributed by atoms with E-state index in [4.69, 9.17) is 4.52 Å². The molecule has 1 aromatic heterocycles. The number of benzene rings is 3. The summed E-state index contributed by atoms with van der Waals surface area (Å²) in [5, 5.41) is 4.14. The predicted molar refractivity (Wildman–Crippen MR) is 119 cm³/mol. The zero-order valence-electron chi connectivity index (χ0n) is 17.5. The van der Waals surface area contributed by atoms with Gasteiger partial charge in [0.1, 0.15) is 0 Å². The molecule has 0 aliphatic carbocycles. The fourth-order valence-corrected chi connectivity index (χ4v) is 3.68. The van der Waals surface area contributed by atoms with Crippen LogP contribution in [0.3, 0.4) is 0 Å². The minimum absolute atomic E-state index is 0.0107. The molecule has 4 aromatic rings. The van der Waals surface area contributed by atoms with Crippen molar-refractivity contribution in [2.75, 3.05) is 0 Å². The molecule has 4 rings (SSSR count). The summed E-state index contributed by atoms with van der Waals surface area (Å²) in [6.45, 7) is 5.87. The fourth-order valence-electron chi connectivity index (χ4n) is 3.68. The van der Waals surface area contributed by atoms with Crippen LogP contribution in [0.4, 0.5) is 0 Å². The Morgan fingerprint density at radius 1 is 0.933 bits per heavy atom. The molecule has 0 aliphatic heterocycles. The maximum absolute atomic E-state index is 11.7. The Hall–Kier alpha value is -3.53. The van der Waals surface area contributed by atoms with Crippen molar-refractivity contribution in [2.45, 2.75) is 33.6 Å². The van der Waals surface area contributed by atoms with Gasteiger partial charge in [0.25, 0.3) is 5.89 Å². The van der Waals surface area contributed by atoms with Crippen LogP contribution in [0.2, 0.25) is 0 Å². The first-order valence-corrected chi connectivity index (χ1v) is 10.2. The molecule has 0 radical (unpaired) electrons. The third-order valence-electron chi connectivity index (χ3n) is 5.26. The standard InChI is InChI=1S/C26H24N2O2/c1-4-8-20-16-22(13-14-24(20)23-12-6-5-9-17(23)2)26-27-25(28-30-26)21-11-7-10-19(15-21)18(3)29/h5-7,9-16H,4,8H2,1-3H3. The normalized spacial score (nSPS) is 10.9. The van der Waals surface area contributed by atoms with Crippen LogP contribution in [0.25, 0.3) is 34.0 Å². The second kappa shape index (κ2) is 8.46. The van der Waals surface area contributed by atoms with E-state index in [1.807, 2.05) is 18.2 Å². The van der Waals surface area contributed by atoms with E-state index in [1.165, 1.54) is 22.3 Å². The SMILES string of the molecule is CCCc1cc(-c2nc(-c3cccc(C(C)=O)c3)no2)ccc1-c1ccccc1C. The molecule has 150 valence electrons. The van der Waals surface area contributed by atoms with Gasteiger partial charge in [-0.05, 0) is 60.7 Å². The molecule has 4 nitrogen and oxygen atoms in total. The third-order valence-corrected chi connectivity index (χ3v) is 5.26. The maximum Gasteiger partial charge on any atom is 0.258 e. The van der Waals surface area contributed by atoms with E-state index in [0.29, 0.717) is 17.3 Å². The van der Waals surface area contributed by atoms with Gasteiger partial charge in [0, 0.05) is 16.7 Å². The van der Waals surface area contributed by atoms with E-state index in [9.17, 15) is 4.79 Å². The third kappa shape index (κ3) is 3.94. The lowest BCUT2D eigenvalue weighted by atomic mass is 9.92. The first-order chi connectivity index (χ1) is 14.6. The van der Waals surface area contributed by atoms with Crippen molar-refractivity contribution in [1.82, 2.24) is 10.1 Å². The number of ketones is 1. The summed E-state index contributed by atoms with van der Waals surface area (Å²) in [5.41, 5.74) is 7.31. The van der Waals surface area contributed by atoms with Crippen molar-refractivity contribution < 1.29 is 9.32 Å². The van der Waals surface area contributed by atoms with Gasteiger partial charge in [0.15, 0.2) is 5.78 Å². The van der Waals surface area contributed by atoms with Gasteiger partial charge in [-0.25, -0.2) is 0 Å². The van der Waals surface area contributed by atoms with Crippen LogP contribution >= 0.6 is 0 Å². The van der Waals surface area contributed by atoms with Crippen molar-refractivity contribution in [3.05, 3.63) is 83.4 Å². The molecule has 0 amide bonds. The van der Waals surface area contributed by atoms with Gasteiger partial charge in [0.05, 0.1) is 0 Å². The topological polar surface area (TPSA) is 56.0 Å². The van der Waals surface area contributed by atoms with Crippen LogP contribution in [0.15, 0.2) is 71.3 Å². The van der Waals surface area contributed by atoms with Gasteiger partial charge in [-0.2, -0.15) is 4.98 Å². The van der Waals surface area contributed by atoms with Gasteiger partial charge < -0.3 is 4.52 Å². The first kappa shape index (κ1) is 19.8. The van der Waals surface area contributed by atoms with Gasteiger partial charge in [-0.15, -0.1) is 0 Å². The van der Waals surface area contributed by atoms with Crippen LogP contribution in [-0.2, 0) is 6.42 Å². The van der Waals surface area contributed by atoms with Crippen LogP contribution < -0.4 is 0 Å².